The van der Waals surface area contributed by atoms with Crippen LogP contribution in [0, 0.1) is 11.8 Å². The van der Waals surface area contributed by atoms with Crippen LogP contribution in [0.2, 0.25) is 0 Å². The quantitative estimate of drug-likeness (QED) is 0.624. The molecular formula is C19H18O2. The minimum Gasteiger partial charge on any atom is -0.369 e. The molecule has 1 fully saturated rings. The number of hydrogen-bond acceptors (Lipinski definition) is 2. The van der Waals surface area contributed by atoms with Gasteiger partial charge in [-0.3, -0.25) is 4.79 Å². The van der Waals surface area contributed by atoms with E-state index in [0.29, 0.717) is 11.8 Å². The first-order valence-electron chi connectivity index (χ1n) is 7.61. The van der Waals surface area contributed by atoms with Crippen molar-refractivity contribution in [3.63, 3.8) is 0 Å². The van der Waals surface area contributed by atoms with Crippen molar-refractivity contribution in [1.29, 1.82) is 0 Å². The minimum absolute atomic E-state index is 0.0764. The summed E-state index contributed by atoms with van der Waals surface area (Å²) in [7, 11) is 0. The monoisotopic (exact) mass is 278 g/mol. The Kier molecular flexibility index (Phi) is 3.12. The first kappa shape index (κ1) is 12.8. The van der Waals surface area contributed by atoms with E-state index < -0.39 is 0 Å². The summed E-state index contributed by atoms with van der Waals surface area (Å²) in [5.41, 5.74) is 0.743. The van der Waals surface area contributed by atoms with Crippen LogP contribution in [0.1, 0.15) is 23.2 Å². The third-order valence-electron chi connectivity index (χ3n) is 4.72. The van der Waals surface area contributed by atoms with Gasteiger partial charge in [0.2, 0.25) is 0 Å². The van der Waals surface area contributed by atoms with Gasteiger partial charge in [-0.2, -0.15) is 0 Å². The molecule has 0 saturated heterocycles. The van der Waals surface area contributed by atoms with Gasteiger partial charge in [0.25, 0.3) is 0 Å². The van der Waals surface area contributed by atoms with Gasteiger partial charge in [-0.15, -0.1) is 0 Å². The molecule has 21 heavy (non-hydrogen) atoms. The highest BCUT2D eigenvalue weighted by molar-refractivity contribution is 6.00. The standard InChI is InChI=1S/C19H18O2/c20-18(12-21-19-10-13-5-6-17(19)9-13)16-8-7-14-3-1-2-4-15(14)11-16/h1-8,11,13,17,19H,9-10,12H2/t13?,17-,19?/m1/s1. The highest BCUT2D eigenvalue weighted by Crippen LogP contribution is 2.40. The van der Waals surface area contributed by atoms with Gasteiger partial charge in [0.1, 0.15) is 6.61 Å². The Balaban J connectivity index is 1.45. The predicted molar refractivity (Wildman–Crippen MR) is 83.4 cm³/mol. The van der Waals surface area contributed by atoms with Crippen LogP contribution in [0.4, 0.5) is 0 Å². The third kappa shape index (κ3) is 2.40. The Morgan fingerprint density at radius 1 is 1.05 bits per heavy atom. The normalized spacial score (nSPS) is 26.6. The Hall–Kier alpha value is -1.93. The molecule has 2 aliphatic carbocycles. The van der Waals surface area contributed by atoms with Crippen molar-refractivity contribution in [2.75, 3.05) is 6.61 Å². The van der Waals surface area contributed by atoms with Gasteiger partial charge in [-0.1, -0.05) is 48.6 Å². The average molecular weight is 278 g/mol. The lowest BCUT2D eigenvalue weighted by Gasteiger charge is -2.18. The average Bonchev–Trinajstić information content (AvgIpc) is 3.15. The number of fused-ring (bicyclic) bond motifs is 3. The fourth-order valence-corrected chi connectivity index (χ4v) is 3.55. The SMILES string of the molecule is O=C(COC1CC2C=C[C@@H]1C2)c1ccc2ccccc2c1. The molecule has 4 rings (SSSR count). The van der Waals surface area contributed by atoms with Crippen molar-refractivity contribution in [2.24, 2.45) is 11.8 Å². The van der Waals surface area contributed by atoms with E-state index in [1.54, 1.807) is 0 Å². The largest absolute Gasteiger partial charge is 0.369 e. The number of rotatable bonds is 4. The highest BCUT2D eigenvalue weighted by atomic mass is 16.5. The van der Waals surface area contributed by atoms with Crippen molar-refractivity contribution in [3.05, 3.63) is 60.2 Å². The summed E-state index contributed by atoms with van der Waals surface area (Å²) < 4.78 is 5.86. The molecule has 0 amide bonds. The van der Waals surface area contributed by atoms with E-state index in [2.05, 4.69) is 18.2 Å². The molecule has 2 unspecified atom stereocenters. The van der Waals surface area contributed by atoms with Gasteiger partial charge in [0, 0.05) is 11.5 Å². The molecule has 2 nitrogen and oxygen atoms in total. The van der Waals surface area contributed by atoms with Crippen LogP contribution in [-0.2, 0) is 4.74 Å². The minimum atomic E-state index is 0.0764. The Bertz CT molecular complexity index is 716. The lowest BCUT2D eigenvalue weighted by atomic mass is 10.0. The highest BCUT2D eigenvalue weighted by Gasteiger charge is 2.36. The zero-order valence-electron chi connectivity index (χ0n) is 11.9. The molecule has 2 aromatic rings. The Morgan fingerprint density at radius 2 is 1.90 bits per heavy atom. The summed E-state index contributed by atoms with van der Waals surface area (Å²) in [4.78, 5) is 12.3. The predicted octanol–water partition coefficient (Wildman–Crippen LogP) is 4.00. The Morgan fingerprint density at radius 3 is 2.67 bits per heavy atom. The van der Waals surface area contributed by atoms with Crippen LogP contribution in [0.3, 0.4) is 0 Å². The van der Waals surface area contributed by atoms with E-state index in [9.17, 15) is 4.79 Å². The van der Waals surface area contributed by atoms with Gasteiger partial charge in [0.15, 0.2) is 5.78 Å². The van der Waals surface area contributed by atoms with Gasteiger partial charge < -0.3 is 4.74 Å². The second-order valence-corrected chi connectivity index (χ2v) is 6.11. The number of carbonyl (C=O) groups excluding carboxylic acids is 1. The summed E-state index contributed by atoms with van der Waals surface area (Å²) >= 11 is 0. The molecular weight excluding hydrogens is 260 g/mol. The van der Waals surface area contributed by atoms with Crippen LogP contribution in [-0.4, -0.2) is 18.5 Å². The fourth-order valence-electron chi connectivity index (χ4n) is 3.55. The van der Waals surface area contributed by atoms with Crippen molar-refractivity contribution < 1.29 is 9.53 Å². The third-order valence-corrected chi connectivity index (χ3v) is 4.72. The maximum atomic E-state index is 12.3. The Labute approximate surface area is 124 Å². The van der Waals surface area contributed by atoms with Crippen molar-refractivity contribution in [3.8, 4) is 0 Å². The lowest BCUT2D eigenvalue weighted by molar-refractivity contribution is 0.0344. The molecule has 2 heteroatoms. The molecule has 106 valence electrons. The number of ether oxygens (including phenoxy) is 1. The summed E-state index contributed by atoms with van der Waals surface area (Å²) in [5, 5.41) is 2.26. The summed E-state index contributed by atoms with van der Waals surface area (Å²) in [6, 6.07) is 14.0. The molecule has 0 spiro atoms. The molecule has 0 aliphatic heterocycles. The molecule has 2 aliphatic rings. The summed E-state index contributed by atoms with van der Waals surface area (Å²) in [6.45, 7) is 0.195. The molecule has 2 bridgehead atoms. The van der Waals surface area contributed by atoms with Crippen LogP contribution >= 0.6 is 0 Å². The van der Waals surface area contributed by atoms with Gasteiger partial charge >= 0.3 is 0 Å². The number of carbonyl (C=O) groups is 1. The number of benzene rings is 2. The molecule has 0 heterocycles. The first-order valence-corrected chi connectivity index (χ1v) is 7.61. The zero-order valence-corrected chi connectivity index (χ0v) is 11.9. The molecule has 0 N–H and O–H groups in total. The molecule has 0 aromatic heterocycles. The summed E-state index contributed by atoms with van der Waals surface area (Å²) in [5.74, 6) is 1.28. The summed E-state index contributed by atoms with van der Waals surface area (Å²) in [6.07, 6.45) is 7.06. The van der Waals surface area contributed by atoms with Crippen LogP contribution in [0.25, 0.3) is 10.8 Å². The van der Waals surface area contributed by atoms with Gasteiger partial charge in [-0.05, 0) is 35.6 Å². The van der Waals surface area contributed by atoms with E-state index in [1.807, 2.05) is 36.4 Å². The van der Waals surface area contributed by atoms with E-state index in [0.717, 1.165) is 22.8 Å². The van der Waals surface area contributed by atoms with E-state index in [1.165, 1.54) is 6.42 Å². The van der Waals surface area contributed by atoms with E-state index in [-0.39, 0.29) is 18.5 Å². The van der Waals surface area contributed by atoms with Crippen LogP contribution in [0.15, 0.2) is 54.6 Å². The van der Waals surface area contributed by atoms with Crippen LogP contribution in [0.5, 0.6) is 0 Å². The number of hydrogen-bond donors (Lipinski definition) is 0. The molecule has 3 atom stereocenters. The first-order chi connectivity index (χ1) is 10.3. The molecule has 1 saturated carbocycles. The van der Waals surface area contributed by atoms with Gasteiger partial charge in [0.05, 0.1) is 6.10 Å². The second kappa shape index (κ2) is 5.12. The zero-order chi connectivity index (χ0) is 14.2. The maximum absolute atomic E-state index is 12.3. The number of ketones is 1. The van der Waals surface area contributed by atoms with Crippen molar-refractivity contribution >= 4 is 16.6 Å². The number of allylic oxidation sites excluding steroid dienone is 1. The van der Waals surface area contributed by atoms with Crippen molar-refractivity contribution in [1.82, 2.24) is 0 Å². The maximum Gasteiger partial charge on any atom is 0.188 e. The molecule has 2 aromatic carbocycles. The van der Waals surface area contributed by atoms with E-state index in [4.69, 9.17) is 4.74 Å². The van der Waals surface area contributed by atoms with E-state index >= 15 is 0 Å². The van der Waals surface area contributed by atoms with Crippen molar-refractivity contribution in [2.45, 2.75) is 18.9 Å². The lowest BCUT2D eigenvalue weighted by Crippen LogP contribution is -2.22. The molecule has 0 radical (unpaired) electrons. The topological polar surface area (TPSA) is 26.3 Å². The van der Waals surface area contributed by atoms with Crippen LogP contribution < -0.4 is 0 Å². The number of Topliss-reactive ketones (excluding diaryl/α,β-unsaturated/α-hetero) is 1. The van der Waals surface area contributed by atoms with Gasteiger partial charge in [-0.25, -0.2) is 0 Å². The fraction of sp³-hybridized carbons (Fsp3) is 0.316. The smallest absolute Gasteiger partial charge is 0.188 e. The second-order valence-electron chi connectivity index (χ2n) is 6.11.